The Balaban J connectivity index is 1.90. The summed E-state index contributed by atoms with van der Waals surface area (Å²) in [6.07, 6.45) is 1.25. The first kappa shape index (κ1) is 12.6. The Kier molecular flexibility index (Phi) is 3.50. The molecule has 0 saturated heterocycles. The summed E-state index contributed by atoms with van der Waals surface area (Å²) in [6, 6.07) is 11.8. The zero-order chi connectivity index (χ0) is 13.2. The van der Waals surface area contributed by atoms with E-state index in [1.54, 1.807) is 24.5 Å². The van der Waals surface area contributed by atoms with E-state index in [9.17, 15) is 5.11 Å². The highest BCUT2D eigenvalue weighted by Gasteiger charge is 2.08. The molecule has 19 heavy (non-hydrogen) atoms. The summed E-state index contributed by atoms with van der Waals surface area (Å²) in [7, 11) is 0. The zero-order valence-electron chi connectivity index (χ0n) is 10.3. The maximum atomic E-state index is 9.58. The van der Waals surface area contributed by atoms with E-state index in [0.29, 0.717) is 0 Å². The van der Waals surface area contributed by atoms with Crippen molar-refractivity contribution in [3.05, 3.63) is 48.2 Å². The molecule has 0 unspecified atom stereocenters. The van der Waals surface area contributed by atoms with Crippen molar-refractivity contribution < 1.29 is 5.11 Å². The fraction of sp³-hybridized carbons (Fsp3) is 0.143. The van der Waals surface area contributed by atoms with Crippen molar-refractivity contribution in [1.29, 1.82) is 0 Å². The van der Waals surface area contributed by atoms with Crippen molar-refractivity contribution in [3.8, 4) is 0 Å². The van der Waals surface area contributed by atoms with Gasteiger partial charge >= 0.3 is 0 Å². The number of hydrogen-bond acceptors (Lipinski definition) is 5. The molecule has 0 spiro atoms. The van der Waals surface area contributed by atoms with E-state index in [1.165, 1.54) is 16.5 Å². The molecule has 1 N–H and O–H groups in total. The number of para-hydroxylation sites is 1. The van der Waals surface area contributed by atoms with Gasteiger partial charge in [0, 0.05) is 6.20 Å². The molecule has 1 atom stereocenters. The van der Waals surface area contributed by atoms with Crippen LogP contribution in [-0.2, 0) is 0 Å². The SMILES string of the molecule is C[C@H](O)c1ccnc(Sc2nc3ccccc3s2)c1. The molecule has 0 fully saturated rings. The number of rotatable bonds is 3. The molecule has 0 amide bonds. The summed E-state index contributed by atoms with van der Waals surface area (Å²) in [6.45, 7) is 1.75. The van der Waals surface area contributed by atoms with Crippen LogP contribution >= 0.6 is 23.1 Å². The number of thiazole rings is 1. The standard InChI is InChI=1S/C14H12N2OS2/c1-9(17)10-6-7-15-13(8-10)19-14-16-11-4-2-3-5-12(11)18-14/h2-9,17H,1H3/t9-/m0/s1. The molecule has 0 bridgehead atoms. The van der Waals surface area contributed by atoms with Crippen LogP contribution in [0.1, 0.15) is 18.6 Å². The number of aliphatic hydroxyl groups excluding tert-OH is 1. The van der Waals surface area contributed by atoms with Gasteiger partial charge in [-0.25, -0.2) is 9.97 Å². The second-order valence-corrected chi connectivity index (χ2v) is 6.45. The highest BCUT2D eigenvalue weighted by molar-refractivity contribution is 8.01. The average Bonchev–Trinajstić information content (AvgIpc) is 2.81. The molecule has 2 aromatic heterocycles. The van der Waals surface area contributed by atoms with Crippen molar-refractivity contribution >= 4 is 33.3 Å². The lowest BCUT2D eigenvalue weighted by Crippen LogP contribution is -1.92. The van der Waals surface area contributed by atoms with E-state index < -0.39 is 6.10 Å². The number of fused-ring (bicyclic) bond motifs is 1. The van der Waals surface area contributed by atoms with Gasteiger partial charge in [-0.15, -0.1) is 11.3 Å². The molecule has 96 valence electrons. The Hall–Kier alpha value is -1.43. The number of hydrogen-bond donors (Lipinski definition) is 1. The first-order valence-electron chi connectivity index (χ1n) is 5.90. The molecule has 3 aromatic rings. The quantitative estimate of drug-likeness (QED) is 0.794. The molecule has 0 aliphatic rings. The molecule has 0 saturated carbocycles. The predicted molar refractivity (Wildman–Crippen MR) is 78.6 cm³/mol. The smallest absolute Gasteiger partial charge is 0.157 e. The lowest BCUT2D eigenvalue weighted by molar-refractivity contribution is 0.199. The Morgan fingerprint density at radius 1 is 1.26 bits per heavy atom. The number of aromatic nitrogens is 2. The van der Waals surface area contributed by atoms with Gasteiger partial charge in [0.25, 0.3) is 0 Å². The van der Waals surface area contributed by atoms with Crippen molar-refractivity contribution in [2.75, 3.05) is 0 Å². The number of nitrogens with zero attached hydrogens (tertiary/aromatic N) is 2. The Labute approximate surface area is 119 Å². The molecule has 5 heteroatoms. The van der Waals surface area contributed by atoms with E-state index in [-0.39, 0.29) is 0 Å². The van der Waals surface area contributed by atoms with Crippen LogP contribution in [-0.4, -0.2) is 15.1 Å². The molecule has 2 heterocycles. The minimum Gasteiger partial charge on any atom is -0.389 e. The maximum Gasteiger partial charge on any atom is 0.157 e. The summed E-state index contributed by atoms with van der Waals surface area (Å²) in [5, 5.41) is 10.4. The Morgan fingerprint density at radius 3 is 2.89 bits per heavy atom. The van der Waals surface area contributed by atoms with Crippen LogP contribution in [0, 0.1) is 0 Å². The monoisotopic (exact) mass is 288 g/mol. The maximum absolute atomic E-state index is 9.58. The third-order valence-electron chi connectivity index (χ3n) is 2.71. The van der Waals surface area contributed by atoms with Crippen LogP contribution in [0.15, 0.2) is 52.0 Å². The van der Waals surface area contributed by atoms with Gasteiger partial charge < -0.3 is 5.11 Å². The molecule has 0 radical (unpaired) electrons. The molecule has 3 nitrogen and oxygen atoms in total. The second kappa shape index (κ2) is 5.28. The van der Waals surface area contributed by atoms with E-state index in [1.807, 2.05) is 30.3 Å². The van der Waals surface area contributed by atoms with E-state index >= 15 is 0 Å². The van der Waals surface area contributed by atoms with Gasteiger partial charge in [0.2, 0.25) is 0 Å². The zero-order valence-corrected chi connectivity index (χ0v) is 11.9. The first-order valence-corrected chi connectivity index (χ1v) is 7.53. The predicted octanol–water partition coefficient (Wildman–Crippen LogP) is 3.90. The summed E-state index contributed by atoms with van der Waals surface area (Å²) in [4.78, 5) is 8.87. The molecule has 0 aliphatic heterocycles. The van der Waals surface area contributed by atoms with Gasteiger partial charge in [-0.1, -0.05) is 12.1 Å². The van der Waals surface area contributed by atoms with Gasteiger partial charge in [-0.3, -0.25) is 0 Å². The van der Waals surface area contributed by atoms with Gasteiger partial charge in [-0.2, -0.15) is 0 Å². The average molecular weight is 288 g/mol. The van der Waals surface area contributed by atoms with Crippen LogP contribution < -0.4 is 0 Å². The highest BCUT2D eigenvalue weighted by Crippen LogP contribution is 2.33. The fourth-order valence-corrected chi connectivity index (χ4v) is 3.75. The van der Waals surface area contributed by atoms with Crippen LogP contribution in [0.25, 0.3) is 10.2 Å². The van der Waals surface area contributed by atoms with Crippen molar-refractivity contribution in [3.63, 3.8) is 0 Å². The highest BCUT2D eigenvalue weighted by atomic mass is 32.2. The Bertz CT molecular complexity index is 676. The van der Waals surface area contributed by atoms with Gasteiger partial charge in [-0.05, 0) is 48.5 Å². The molecule has 3 rings (SSSR count). The minimum absolute atomic E-state index is 0.474. The van der Waals surface area contributed by atoms with Crippen LogP contribution in [0.3, 0.4) is 0 Å². The topological polar surface area (TPSA) is 46.0 Å². The largest absolute Gasteiger partial charge is 0.389 e. The third kappa shape index (κ3) is 2.78. The van der Waals surface area contributed by atoms with Crippen LogP contribution in [0.4, 0.5) is 0 Å². The number of pyridine rings is 1. The van der Waals surface area contributed by atoms with E-state index in [4.69, 9.17) is 0 Å². The summed E-state index contributed by atoms with van der Waals surface area (Å²) in [5.41, 5.74) is 1.89. The summed E-state index contributed by atoms with van der Waals surface area (Å²) < 4.78 is 2.15. The molecular weight excluding hydrogens is 276 g/mol. The van der Waals surface area contributed by atoms with Crippen LogP contribution in [0.5, 0.6) is 0 Å². The lowest BCUT2D eigenvalue weighted by Gasteiger charge is -2.04. The number of aliphatic hydroxyl groups is 1. The van der Waals surface area contributed by atoms with Crippen molar-refractivity contribution in [1.82, 2.24) is 9.97 Å². The first-order chi connectivity index (χ1) is 9.22. The van der Waals surface area contributed by atoms with Gasteiger partial charge in [0.05, 0.1) is 16.3 Å². The lowest BCUT2D eigenvalue weighted by atomic mass is 10.2. The molecular formula is C14H12N2OS2. The number of benzene rings is 1. The van der Waals surface area contributed by atoms with Crippen LogP contribution in [0.2, 0.25) is 0 Å². The van der Waals surface area contributed by atoms with Gasteiger partial charge in [0.1, 0.15) is 5.03 Å². The van der Waals surface area contributed by atoms with Crippen molar-refractivity contribution in [2.24, 2.45) is 0 Å². The van der Waals surface area contributed by atoms with E-state index in [2.05, 4.69) is 16.0 Å². The summed E-state index contributed by atoms with van der Waals surface area (Å²) >= 11 is 3.19. The van der Waals surface area contributed by atoms with Crippen molar-refractivity contribution in [2.45, 2.75) is 22.4 Å². The van der Waals surface area contributed by atoms with E-state index in [0.717, 1.165) is 20.4 Å². The normalized spacial score (nSPS) is 12.7. The molecule has 0 aliphatic carbocycles. The second-order valence-electron chi connectivity index (χ2n) is 4.15. The minimum atomic E-state index is -0.474. The van der Waals surface area contributed by atoms with Gasteiger partial charge in [0.15, 0.2) is 4.34 Å². The third-order valence-corrected chi connectivity index (χ3v) is 4.74. The molecule has 1 aromatic carbocycles. The summed E-state index contributed by atoms with van der Waals surface area (Å²) in [5.74, 6) is 0. The Morgan fingerprint density at radius 2 is 2.11 bits per heavy atom. The fourth-order valence-electron chi connectivity index (χ4n) is 1.72.